The van der Waals surface area contributed by atoms with E-state index in [9.17, 15) is 4.39 Å². The summed E-state index contributed by atoms with van der Waals surface area (Å²) in [6, 6.07) is 9.80. The molecule has 0 saturated heterocycles. The quantitative estimate of drug-likeness (QED) is 0.608. The van der Waals surface area contributed by atoms with Gasteiger partial charge in [-0.2, -0.15) is 0 Å². The molecule has 0 aliphatic carbocycles. The van der Waals surface area contributed by atoms with E-state index >= 15 is 0 Å². The van der Waals surface area contributed by atoms with Crippen molar-refractivity contribution >= 4 is 0 Å². The third kappa shape index (κ3) is 2.08. The molecule has 4 heteroatoms. The molecule has 2 aromatic rings. The molecule has 0 spiro atoms. The maximum Gasteiger partial charge on any atom is 0.128 e. The van der Waals surface area contributed by atoms with E-state index in [-0.39, 0.29) is 11.9 Å². The number of benzene rings is 1. The zero-order valence-electron chi connectivity index (χ0n) is 8.60. The Kier molecular flexibility index (Phi) is 3.24. The lowest BCUT2D eigenvalue weighted by atomic mass is 10.0. The molecule has 1 unspecified atom stereocenters. The highest BCUT2D eigenvalue weighted by molar-refractivity contribution is 5.30. The molecule has 1 aromatic carbocycles. The molecule has 1 heterocycles. The van der Waals surface area contributed by atoms with Gasteiger partial charge in [0.1, 0.15) is 5.82 Å². The molecule has 1 atom stereocenters. The topological polar surface area (TPSA) is 50.9 Å². The summed E-state index contributed by atoms with van der Waals surface area (Å²) in [6.07, 6.45) is 3.33. The van der Waals surface area contributed by atoms with Crippen molar-refractivity contribution in [1.29, 1.82) is 0 Å². The number of hydrazine groups is 1. The van der Waals surface area contributed by atoms with Gasteiger partial charge >= 0.3 is 0 Å². The fraction of sp³-hybridized carbons (Fsp3) is 0.0833. The molecule has 16 heavy (non-hydrogen) atoms. The molecule has 82 valence electrons. The van der Waals surface area contributed by atoms with Gasteiger partial charge in [0.2, 0.25) is 0 Å². The standard InChI is InChI=1S/C12H12FN3/c13-11-6-2-1-5-10(11)12(16-14)9-4-3-7-15-8-9/h1-8,12,16H,14H2. The minimum atomic E-state index is -0.380. The molecule has 0 saturated carbocycles. The zero-order chi connectivity index (χ0) is 11.4. The molecule has 0 aliphatic rings. The Morgan fingerprint density at radius 1 is 1.19 bits per heavy atom. The molecule has 3 nitrogen and oxygen atoms in total. The second-order valence-electron chi connectivity index (χ2n) is 3.41. The second-order valence-corrected chi connectivity index (χ2v) is 3.41. The van der Waals surface area contributed by atoms with E-state index in [1.165, 1.54) is 6.07 Å². The van der Waals surface area contributed by atoms with Gasteiger partial charge in [-0.25, -0.2) is 9.82 Å². The molecule has 0 amide bonds. The van der Waals surface area contributed by atoms with E-state index in [1.807, 2.05) is 6.07 Å². The summed E-state index contributed by atoms with van der Waals surface area (Å²) < 4.78 is 13.6. The highest BCUT2D eigenvalue weighted by atomic mass is 19.1. The second kappa shape index (κ2) is 4.83. The van der Waals surface area contributed by atoms with Crippen molar-refractivity contribution in [3.63, 3.8) is 0 Å². The van der Waals surface area contributed by atoms with Crippen LogP contribution in [0.2, 0.25) is 0 Å². The van der Waals surface area contributed by atoms with Gasteiger partial charge in [-0.1, -0.05) is 24.3 Å². The summed E-state index contributed by atoms with van der Waals surface area (Å²) in [4.78, 5) is 3.99. The summed E-state index contributed by atoms with van der Waals surface area (Å²) in [5.74, 6) is 5.18. The number of nitrogens with one attached hydrogen (secondary N) is 1. The Balaban J connectivity index is 2.41. The van der Waals surface area contributed by atoms with Crippen LogP contribution in [0, 0.1) is 5.82 Å². The number of rotatable bonds is 3. The fourth-order valence-corrected chi connectivity index (χ4v) is 1.62. The lowest BCUT2D eigenvalue weighted by molar-refractivity contribution is 0.559. The third-order valence-electron chi connectivity index (χ3n) is 2.40. The van der Waals surface area contributed by atoms with Crippen LogP contribution in [0.4, 0.5) is 4.39 Å². The average Bonchev–Trinajstić information content (AvgIpc) is 2.34. The Bertz CT molecular complexity index is 459. The van der Waals surface area contributed by atoms with E-state index in [0.29, 0.717) is 5.56 Å². The van der Waals surface area contributed by atoms with Crippen molar-refractivity contribution in [2.45, 2.75) is 6.04 Å². The molecule has 3 N–H and O–H groups in total. The number of nitrogens with two attached hydrogens (primary N) is 1. The maximum absolute atomic E-state index is 13.6. The molecule has 0 aliphatic heterocycles. The summed E-state index contributed by atoms with van der Waals surface area (Å²) in [6.45, 7) is 0. The first-order valence-electron chi connectivity index (χ1n) is 4.93. The van der Waals surface area contributed by atoms with E-state index in [1.54, 1.807) is 36.7 Å². The first-order chi connectivity index (χ1) is 7.83. The van der Waals surface area contributed by atoms with E-state index < -0.39 is 0 Å². The van der Waals surface area contributed by atoms with Gasteiger partial charge in [0.15, 0.2) is 0 Å². The Labute approximate surface area is 93.1 Å². The van der Waals surface area contributed by atoms with Gasteiger partial charge in [-0.15, -0.1) is 0 Å². The summed E-state index contributed by atoms with van der Waals surface area (Å²) >= 11 is 0. The van der Waals surface area contributed by atoms with Crippen LogP contribution in [0.1, 0.15) is 17.2 Å². The molecule has 0 radical (unpaired) electrons. The van der Waals surface area contributed by atoms with Gasteiger partial charge in [0.25, 0.3) is 0 Å². The monoisotopic (exact) mass is 217 g/mol. The maximum atomic E-state index is 13.6. The van der Waals surface area contributed by atoms with Crippen LogP contribution in [0.15, 0.2) is 48.8 Å². The highest BCUT2D eigenvalue weighted by Gasteiger charge is 2.15. The normalized spacial score (nSPS) is 12.4. The molecule has 0 bridgehead atoms. The van der Waals surface area contributed by atoms with Crippen molar-refractivity contribution in [3.05, 3.63) is 65.7 Å². The van der Waals surface area contributed by atoms with Crippen LogP contribution in [0.5, 0.6) is 0 Å². The number of hydrogen-bond acceptors (Lipinski definition) is 3. The van der Waals surface area contributed by atoms with E-state index in [0.717, 1.165) is 5.56 Å². The van der Waals surface area contributed by atoms with Gasteiger partial charge in [-0.3, -0.25) is 10.8 Å². The predicted molar refractivity (Wildman–Crippen MR) is 59.8 cm³/mol. The third-order valence-corrected chi connectivity index (χ3v) is 2.40. The van der Waals surface area contributed by atoms with Crippen molar-refractivity contribution in [3.8, 4) is 0 Å². The van der Waals surface area contributed by atoms with Crippen molar-refractivity contribution in [1.82, 2.24) is 10.4 Å². The van der Waals surface area contributed by atoms with Crippen LogP contribution in [-0.2, 0) is 0 Å². The first kappa shape index (κ1) is 10.7. The van der Waals surface area contributed by atoms with Crippen molar-refractivity contribution in [2.24, 2.45) is 5.84 Å². The fourth-order valence-electron chi connectivity index (χ4n) is 1.62. The first-order valence-corrected chi connectivity index (χ1v) is 4.93. The van der Waals surface area contributed by atoms with E-state index in [2.05, 4.69) is 10.4 Å². The van der Waals surface area contributed by atoms with Gasteiger partial charge in [0, 0.05) is 18.0 Å². The molecule has 2 rings (SSSR count). The molecular formula is C12H12FN3. The minimum Gasteiger partial charge on any atom is -0.271 e. The van der Waals surface area contributed by atoms with Gasteiger partial charge in [0.05, 0.1) is 6.04 Å². The minimum absolute atomic E-state index is 0.283. The Hall–Kier alpha value is -1.78. The number of hydrogen-bond donors (Lipinski definition) is 2. The van der Waals surface area contributed by atoms with E-state index in [4.69, 9.17) is 5.84 Å². The summed E-state index contributed by atoms with van der Waals surface area (Å²) in [5.41, 5.74) is 3.94. The number of nitrogens with zero attached hydrogens (tertiary/aromatic N) is 1. The zero-order valence-corrected chi connectivity index (χ0v) is 8.60. The van der Waals surface area contributed by atoms with Crippen molar-refractivity contribution in [2.75, 3.05) is 0 Å². The lowest BCUT2D eigenvalue weighted by Crippen LogP contribution is -2.29. The van der Waals surface area contributed by atoms with Crippen LogP contribution >= 0.6 is 0 Å². The Morgan fingerprint density at radius 3 is 2.62 bits per heavy atom. The lowest BCUT2D eigenvalue weighted by Gasteiger charge is -2.16. The van der Waals surface area contributed by atoms with Gasteiger partial charge < -0.3 is 0 Å². The van der Waals surface area contributed by atoms with Crippen LogP contribution < -0.4 is 11.3 Å². The smallest absolute Gasteiger partial charge is 0.128 e. The number of halogens is 1. The van der Waals surface area contributed by atoms with Crippen molar-refractivity contribution < 1.29 is 4.39 Å². The van der Waals surface area contributed by atoms with Crippen LogP contribution in [-0.4, -0.2) is 4.98 Å². The highest BCUT2D eigenvalue weighted by Crippen LogP contribution is 2.22. The Morgan fingerprint density at radius 2 is 2.00 bits per heavy atom. The van der Waals surface area contributed by atoms with Gasteiger partial charge in [-0.05, 0) is 17.7 Å². The molecule has 0 fully saturated rings. The predicted octanol–water partition coefficient (Wildman–Crippen LogP) is 1.77. The molecule has 1 aromatic heterocycles. The summed E-state index contributed by atoms with van der Waals surface area (Å²) in [7, 11) is 0. The number of aromatic nitrogens is 1. The molecular weight excluding hydrogens is 205 g/mol. The van der Waals surface area contributed by atoms with Crippen LogP contribution in [0.25, 0.3) is 0 Å². The number of pyridine rings is 1. The average molecular weight is 217 g/mol. The largest absolute Gasteiger partial charge is 0.271 e. The SMILES string of the molecule is NNC(c1cccnc1)c1ccccc1F. The summed E-state index contributed by atoms with van der Waals surface area (Å²) in [5, 5.41) is 0. The van der Waals surface area contributed by atoms with Crippen LogP contribution in [0.3, 0.4) is 0 Å².